The molecule has 0 aliphatic rings. The van der Waals surface area contributed by atoms with Gasteiger partial charge in [-0.3, -0.25) is 0 Å². The van der Waals surface area contributed by atoms with Gasteiger partial charge >= 0.3 is 12.4 Å². The van der Waals surface area contributed by atoms with Crippen LogP contribution in [0.25, 0.3) is 0 Å². The van der Waals surface area contributed by atoms with E-state index < -0.39 is 41.8 Å². The van der Waals surface area contributed by atoms with E-state index in [1.54, 1.807) is 0 Å². The monoisotopic (exact) mass is 311 g/mol. The Bertz CT molecular complexity index is 427. The minimum absolute atomic E-state index is 0. The minimum atomic E-state index is -4.88. The molecule has 1 rings (SSSR count). The number of hydrogen-bond acceptors (Lipinski definition) is 1. The Labute approximate surface area is 110 Å². The van der Waals surface area contributed by atoms with Crippen molar-refractivity contribution in [1.29, 1.82) is 0 Å². The van der Waals surface area contributed by atoms with Crippen LogP contribution in [0.5, 0.6) is 0 Å². The van der Waals surface area contributed by atoms with Crippen molar-refractivity contribution in [3.8, 4) is 0 Å². The second-order valence-electron chi connectivity index (χ2n) is 3.66. The van der Waals surface area contributed by atoms with Crippen molar-refractivity contribution in [2.75, 3.05) is 0 Å². The van der Waals surface area contributed by atoms with Gasteiger partial charge in [0, 0.05) is 6.04 Å². The van der Waals surface area contributed by atoms with Gasteiger partial charge in [0.05, 0.1) is 12.0 Å². The summed E-state index contributed by atoms with van der Waals surface area (Å²) in [5, 5.41) is 0. The molecule has 0 aliphatic heterocycles. The standard InChI is InChI=1S/C10H8F7N.ClH/c11-5-1-2-7(10(15,16)17)6(3-5)8(18)4-9(12,13)14;/h1-3,8H,4,18H2;1H/t8-;/m0./s1. The van der Waals surface area contributed by atoms with Crippen LogP contribution in [0.2, 0.25) is 0 Å². The van der Waals surface area contributed by atoms with Crippen molar-refractivity contribution in [2.45, 2.75) is 24.8 Å². The van der Waals surface area contributed by atoms with Crippen molar-refractivity contribution < 1.29 is 30.7 Å². The number of halogens is 8. The molecule has 0 amide bonds. The zero-order valence-corrected chi connectivity index (χ0v) is 9.96. The number of benzene rings is 1. The quantitative estimate of drug-likeness (QED) is 0.813. The van der Waals surface area contributed by atoms with Crippen LogP contribution in [0.1, 0.15) is 23.6 Å². The highest BCUT2D eigenvalue weighted by molar-refractivity contribution is 5.85. The minimum Gasteiger partial charge on any atom is -0.324 e. The third-order valence-corrected chi connectivity index (χ3v) is 2.17. The molecule has 0 fully saturated rings. The zero-order chi connectivity index (χ0) is 14.1. The fourth-order valence-corrected chi connectivity index (χ4v) is 1.46. The van der Waals surface area contributed by atoms with E-state index in [4.69, 9.17) is 5.73 Å². The molecule has 9 heteroatoms. The number of nitrogens with two attached hydrogens (primary N) is 1. The van der Waals surface area contributed by atoms with Crippen LogP contribution in [-0.4, -0.2) is 6.18 Å². The lowest BCUT2D eigenvalue weighted by Crippen LogP contribution is -2.23. The summed E-state index contributed by atoms with van der Waals surface area (Å²) in [5.41, 5.74) is 2.80. The SMILES string of the molecule is Cl.N[C@@H](CC(F)(F)F)c1cc(F)ccc1C(F)(F)F. The maximum absolute atomic E-state index is 12.8. The molecule has 1 nitrogen and oxygen atoms in total. The van der Waals surface area contributed by atoms with Gasteiger partial charge in [0.15, 0.2) is 0 Å². The smallest absolute Gasteiger partial charge is 0.324 e. The van der Waals surface area contributed by atoms with Crippen LogP contribution in [0, 0.1) is 5.82 Å². The lowest BCUT2D eigenvalue weighted by molar-refractivity contribution is -0.144. The van der Waals surface area contributed by atoms with Crippen LogP contribution < -0.4 is 5.73 Å². The Kier molecular flexibility index (Phi) is 5.64. The van der Waals surface area contributed by atoms with Gasteiger partial charge in [-0.25, -0.2) is 4.39 Å². The molecule has 0 aliphatic carbocycles. The molecule has 0 unspecified atom stereocenters. The van der Waals surface area contributed by atoms with Crippen LogP contribution in [-0.2, 0) is 6.18 Å². The first kappa shape index (κ1) is 18.0. The Hall–Kier alpha value is -1.02. The highest BCUT2D eigenvalue weighted by atomic mass is 35.5. The van der Waals surface area contributed by atoms with E-state index in [9.17, 15) is 30.7 Å². The van der Waals surface area contributed by atoms with Crippen LogP contribution in [0.3, 0.4) is 0 Å². The molecule has 1 aromatic rings. The van der Waals surface area contributed by atoms with E-state index >= 15 is 0 Å². The molecule has 0 saturated carbocycles. The molecule has 19 heavy (non-hydrogen) atoms. The van der Waals surface area contributed by atoms with Gasteiger partial charge < -0.3 is 5.73 Å². The largest absolute Gasteiger partial charge is 0.416 e. The Morgan fingerprint density at radius 2 is 1.58 bits per heavy atom. The summed E-state index contributed by atoms with van der Waals surface area (Å²) in [5.74, 6) is -1.07. The van der Waals surface area contributed by atoms with Gasteiger partial charge in [-0.15, -0.1) is 12.4 Å². The summed E-state index contributed by atoms with van der Waals surface area (Å²) >= 11 is 0. The van der Waals surface area contributed by atoms with E-state index in [2.05, 4.69) is 0 Å². The van der Waals surface area contributed by atoms with E-state index in [0.717, 1.165) is 0 Å². The maximum atomic E-state index is 12.8. The lowest BCUT2D eigenvalue weighted by atomic mass is 9.98. The van der Waals surface area contributed by atoms with Crippen molar-refractivity contribution in [1.82, 2.24) is 0 Å². The molecule has 0 saturated heterocycles. The number of rotatable bonds is 2. The molecular formula is C10H9ClF7N. The average molecular weight is 312 g/mol. The lowest BCUT2D eigenvalue weighted by Gasteiger charge is -2.19. The number of alkyl halides is 6. The van der Waals surface area contributed by atoms with Crippen LogP contribution in [0.4, 0.5) is 30.7 Å². The average Bonchev–Trinajstić information content (AvgIpc) is 2.12. The normalized spacial score (nSPS) is 13.9. The molecule has 2 N–H and O–H groups in total. The molecule has 0 aromatic heterocycles. The van der Waals surface area contributed by atoms with E-state index in [1.165, 1.54) is 0 Å². The predicted molar refractivity (Wildman–Crippen MR) is 56.3 cm³/mol. The summed E-state index contributed by atoms with van der Waals surface area (Å²) in [6.07, 6.45) is -11.3. The molecule has 0 spiro atoms. The Balaban J connectivity index is 0.00000324. The van der Waals surface area contributed by atoms with Gasteiger partial charge in [-0.1, -0.05) is 0 Å². The molecule has 0 heterocycles. The van der Waals surface area contributed by atoms with Crippen molar-refractivity contribution >= 4 is 12.4 Å². The van der Waals surface area contributed by atoms with Gasteiger partial charge in [0.2, 0.25) is 0 Å². The second-order valence-corrected chi connectivity index (χ2v) is 3.66. The van der Waals surface area contributed by atoms with E-state index in [0.29, 0.717) is 18.2 Å². The van der Waals surface area contributed by atoms with Crippen molar-refractivity contribution in [3.05, 3.63) is 35.1 Å². The third kappa shape index (κ3) is 5.23. The first-order chi connectivity index (χ1) is 8.00. The van der Waals surface area contributed by atoms with Gasteiger partial charge in [-0.2, -0.15) is 26.3 Å². The Morgan fingerprint density at radius 1 is 1.05 bits per heavy atom. The highest BCUT2D eigenvalue weighted by Gasteiger charge is 2.38. The molecule has 110 valence electrons. The summed E-state index contributed by atoms with van der Waals surface area (Å²) in [4.78, 5) is 0. The second kappa shape index (κ2) is 5.96. The molecular weight excluding hydrogens is 303 g/mol. The van der Waals surface area contributed by atoms with Crippen molar-refractivity contribution in [3.63, 3.8) is 0 Å². The first-order valence-electron chi connectivity index (χ1n) is 4.69. The summed E-state index contributed by atoms with van der Waals surface area (Å²) in [7, 11) is 0. The summed E-state index contributed by atoms with van der Waals surface area (Å²) < 4.78 is 86.6. The van der Waals surface area contributed by atoms with Gasteiger partial charge in [0.25, 0.3) is 0 Å². The number of hydrogen-bond donors (Lipinski definition) is 1. The molecule has 1 atom stereocenters. The third-order valence-electron chi connectivity index (χ3n) is 2.17. The van der Waals surface area contributed by atoms with Gasteiger partial charge in [0.1, 0.15) is 5.82 Å². The summed E-state index contributed by atoms with van der Waals surface area (Å²) in [6.45, 7) is 0. The molecule has 1 aromatic carbocycles. The predicted octanol–water partition coefficient (Wildman–Crippen LogP) is 4.22. The topological polar surface area (TPSA) is 26.0 Å². The van der Waals surface area contributed by atoms with Crippen molar-refractivity contribution in [2.24, 2.45) is 5.73 Å². The molecule has 0 radical (unpaired) electrons. The summed E-state index contributed by atoms with van der Waals surface area (Å²) in [6, 6.07) is -0.690. The maximum Gasteiger partial charge on any atom is 0.416 e. The van der Waals surface area contributed by atoms with E-state index in [-0.39, 0.29) is 12.4 Å². The van der Waals surface area contributed by atoms with Gasteiger partial charge in [-0.05, 0) is 23.8 Å². The fourth-order valence-electron chi connectivity index (χ4n) is 1.46. The van der Waals surface area contributed by atoms with Crippen LogP contribution in [0.15, 0.2) is 18.2 Å². The Morgan fingerprint density at radius 3 is 2.00 bits per heavy atom. The van der Waals surface area contributed by atoms with E-state index in [1.807, 2.05) is 0 Å². The zero-order valence-electron chi connectivity index (χ0n) is 9.15. The fraction of sp³-hybridized carbons (Fsp3) is 0.400. The highest BCUT2D eigenvalue weighted by Crippen LogP contribution is 2.37. The molecule has 0 bridgehead atoms. The van der Waals surface area contributed by atoms with Crippen LogP contribution >= 0.6 is 12.4 Å². The first-order valence-corrected chi connectivity index (χ1v) is 4.69.